The van der Waals surface area contributed by atoms with Crippen molar-refractivity contribution in [2.24, 2.45) is 0 Å². The summed E-state index contributed by atoms with van der Waals surface area (Å²) in [5.74, 6) is -0.892. The van der Waals surface area contributed by atoms with Crippen molar-refractivity contribution >= 4 is 17.8 Å². The van der Waals surface area contributed by atoms with Crippen LogP contribution < -0.4 is 5.32 Å². The Labute approximate surface area is 88.8 Å². The molecule has 1 aliphatic heterocycles. The molecule has 1 fully saturated rings. The molecule has 1 N–H and O–H groups in total. The van der Waals surface area contributed by atoms with Crippen molar-refractivity contribution in [2.75, 3.05) is 0 Å². The first-order valence-electron chi connectivity index (χ1n) is 5.26. The highest BCUT2D eigenvalue weighted by molar-refractivity contribution is 6.14. The lowest BCUT2D eigenvalue weighted by atomic mass is 10.1. The molecule has 1 saturated heterocycles. The number of carbonyl (C=O) groups is 3. The summed E-state index contributed by atoms with van der Waals surface area (Å²) in [7, 11) is 0. The van der Waals surface area contributed by atoms with Crippen molar-refractivity contribution in [1.82, 2.24) is 10.2 Å². The normalized spacial score (nSPS) is 19.1. The maximum atomic E-state index is 11.5. The molecule has 0 bridgehead atoms. The van der Waals surface area contributed by atoms with Crippen LogP contribution in [0.1, 0.15) is 39.5 Å². The highest BCUT2D eigenvalue weighted by atomic mass is 16.2. The Morgan fingerprint density at radius 1 is 1.33 bits per heavy atom. The largest absolute Gasteiger partial charge is 0.331 e. The van der Waals surface area contributed by atoms with Crippen LogP contribution in [0.2, 0.25) is 0 Å². The lowest BCUT2D eigenvalue weighted by Gasteiger charge is -2.31. The van der Waals surface area contributed by atoms with Crippen LogP contribution >= 0.6 is 0 Å². The molecule has 1 rings (SSSR count). The zero-order chi connectivity index (χ0) is 11.4. The van der Waals surface area contributed by atoms with E-state index in [1.807, 2.05) is 13.8 Å². The number of nitrogens with one attached hydrogen (secondary N) is 1. The molecule has 5 nitrogen and oxygen atoms in total. The summed E-state index contributed by atoms with van der Waals surface area (Å²) >= 11 is 0. The Kier molecular flexibility index (Phi) is 3.82. The molecule has 0 aromatic rings. The van der Waals surface area contributed by atoms with Gasteiger partial charge in [-0.3, -0.25) is 19.8 Å². The van der Waals surface area contributed by atoms with Crippen LogP contribution in [0.3, 0.4) is 0 Å². The van der Waals surface area contributed by atoms with Gasteiger partial charge in [-0.1, -0.05) is 20.3 Å². The van der Waals surface area contributed by atoms with Crippen molar-refractivity contribution in [2.45, 2.75) is 45.6 Å². The fraction of sp³-hybridized carbons (Fsp3) is 0.700. The molecular formula is C10H16N2O3. The van der Waals surface area contributed by atoms with Gasteiger partial charge < -0.3 is 0 Å². The lowest BCUT2D eigenvalue weighted by Crippen LogP contribution is -2.56. The average Bonchev–Trinajstić information content (AvgIpc) is 2.14. The van der Waals surface area contributed by atoms with Gasteiger partial charge in [-0.25, -0.2) is 4.79 Å². The predicted octanol–water partition coefficient (Wildman–Crippen LogP) is 1.03. The summed E-state index contributed by atoms with van der Waals surface area (Å²) < 4.78 is 0. The van der Waals surface area contributed by atoms with Gasteiger partial charge in [-0.15, -0.1) is 0 Å². The van der Waals surface area contributed by atoms with Gasteiger partial charge in [-0.2, -0.15) is 0 Å². The molecule has 84 valence electrons. The smallest absolute Gasteiger partial charge is 0.277 e. The third kappa shape index (κ3) is 2.55. The highest BCUT2D eigenvalue weighted by Crippen LogP contribution is 2.15. The number of barbiturate groups is 1. The maximum Gasteiger partial charge on any atom is 0.331 e. The molecule has 5 heteroatoms. The number of carbonyl (C=O) groups excluding carboxylic acids is 3. The minimum Gasteiger partial charge on any atom is -0.277 e. The van der Waals surface area contributed by atoms with Crippen molar-refractivity contribution in [3.63, 3.8) is 0 Å². The second-order valence-electron chi connectivity index (χ2n) is 3.64. The fourth-order valence-electron chi connectivity index (χ4n) is 1.78. The van der Waals surface area contributed by atoms with Crippen LogP contribution in [-0.4, -0.2) is 28.8 Å². The molecule has 0 spiro atoms. The minimum absolute atomic E-state index is 0.0874. The van der Waals surface area contributed by atoms with Crippen molar-refractivity contribution in [3.8, 4) is 0 Å². The molecule has 1 unspecified atom stereocenters. The molecule has 15 heavy (non-hydrogen) atoms. The summed E-state index contributed by atoms with van der Waals surface area (Å²) in [5.41, 5.74) is 0. The van der Waals surface area contributed by atoms with Gasteiger partial charge in [0, 0.05) is 6.04 Å². The highest BCUT2D eigenvalue weighted by Gasteiger charge is 2.34. The van der Waals surface area contributed by atoms with E-state index in [-0.39, 0.29) is 18.4 Å². The van der Waals surface area contributed by atoms with Crippen molar-refractivity contribution < 1.29 is 14.4 Å². The Balaban J connectivity index is 2.77. The first-order valence-corrected chi connectivity index (χ1v) is 5.26. The van der Waals surface area contributed by atoms with Gasteiger partial charge in [0.1, 0.15) is 6.42 Å². The van der Waals surface area contributed by atoms with Crippen LogP contribution in [0, 0.1) is 0 Å². The van der Waals surface area contributed by atoms with Crippen LogP contribution in [0.5, 0.6) is 0 Å². The van der Waals surface area contributed by atoms with E-state index in [1.165, 1.54) is 4.90 Å². The van der Waals surface area contributed by atoms with Crippen molar-refractivity contribution in [3.05, 3.63) is 0 Å². The molecule has 0 aromatic heterocycles. The van der Waals surface area contributed by atoms with Crippen molar-refractivity contribution in [1.29, 1.82) is 0 Å². The molecule has 0 radical (unpaired) electrons. The lowest BCUT2D eigenvalue weighted by molar-refractivity contribution is -0.137. The third-order valence-corrected chi connectivity index (χ3v) is 2.50. The van der Waals surface area contributed by atoms with E-state index < -0.39 is 11.9 Å². The molecule has 1 atom stereocenters. The van der Waals surface area contributed by atoms with Gasteiger partial charge in [0.05, 0.1) is 0 Å². The third-order valence-electron chi connectivity index (χ3n) is 2.50. The zero-order valence-corrected chi connectivity index (χ0v) is 9.08. The molecule has 0 saturated carbocycles. The minimum atomic E-state index is -0.573. The standard InChI is InChI=1S/C10H16N2O3/c1-3-5-7(4-2)12-9(14)6-8(13)11-10(12)15/h7H,3-6H2,1-2H3,(H,11,13,15). The Morgan fingerprint density at radius 2 is 2.00 bits per heavy atom. The topological polar surface area (TPSA) is 66.5 Å². The summed E-state index contributed by atoms with van der Waals surface area (Å²) in [6.07, 6.45) is 2.19. The van der Waals surface area contributed by atoms with E-state index in [0.29, 0.717) is 0 Å². The number of rotatable bonds is 4. The number of amides is 4. The Morgan fingerprint density at radius 3 is 2.47 bits per heavy atom. The monoisotopic (exact) mass is 212 g/mol. The molecule has 0 aromatic carbocycles. The van der Waals surface area contributed by atoms with Crippen LogP contribution in [-0.2, 0) is 9.59 Å². The van der Waals surface area contributed by atoms with E-state index in [9.17, 15) is 14.4 Å². The number of nitrogens with zero attached hydrogens (tertiary/aromatic N) is 1. The number of urea groups is 1. The van der Waals surface area contributed by atoms with Gasteiger partial charge in [0.2, 0.25) is 11.8 Å². The van der Waals surface area contributed by atoms with Crippen LogP contribution in [0.4, 0.5) is 4.79 Å². The van der Waals surface area contributed by atoms with Crippen LogP contribution in [0.25, 0.3) is 0 Å². The van der Waals surface area contributed by atoms with E-state index >= 15 is 0 Å². The molecule has 1 aliphatic rings. The van der Waals surface area contributed by atoms with E-state index in [4.69, 9.17) is 0 Å². The Hall–Kier alpha value is -1.39. The summed E-state index contributed by atoms with van der Waals surface area (Å²) in [4.78, 5) is 35.1. The van der Waals surface area contributed by atoms with Gasteiger partial charge >= 0.3 is 6.03 Å². The molecule has 0 aliphatic carbocycles. The fourth-order valence-corrected chi connectivity index (χ4v) is 1.78. The first-order chi connectivity index (χ1) is 7.10. The summed E-state index contributed by atoms with van der Waals surface area (Å²) in [6.45, 7) is 3.93. The summed E-state index contributed by atoms with van der Waals surface area (Å²) in [5, 5.41) is 2.16. The Bertz CT molecular complexity index is 268. The molecule has 4 amide bonds. The molecular weight excluding hydrogens is 196 g/mol. The zero-order valence-electron chi connectivity index (χ0n) is 9.08. The van der Waals surface area contributed by atoms with E-state index in [1.54, 1.807) is 0 Å². The number of hydrogen-bond acceptors (Lipinski definition) is 3. The summed E-state index contributed by atoms with van der Waals surface area (Å²) in [6, 6.07) is -0.660. The SMILES string of the molecule is CCCC(CC)N1C(=O)CC(=O)NC1=O. The van der Waals surface area contributed by atoms with Gasteiger partial charge in [0.15, 0.2) is 0 Å². The second-order valence-corrected chi connectivity index (χ2v) is 3.64. The quantitative estimate of drug-likeness (QED) is 0.708. The first kappa shape index (κ1) is 11.7. The number of imide groups is 2. The molecule has 1 heterocycles. The van der Waals surface area contributed by atoms with Gasteiger partial charge in [-0.05, 0) is 12.8 Å². The second kappa shape index (κ2) is 4.91. The number of hydrogen-bond donors (Lipinski definition) is 1. The van der Waals surface area contributed by atoms with Gasteiger partial charge in [0.25, 0.3) is 0 Å². The van der Waals surface area contributed by atoms with E-state index in [0.717, 1.165) is 19.3 Å². The average molecular weight is 212 g/mol. The predicted molar refractivity (Wildman–Crippen MR) is 54.0 cm³/mol. The van der Waals surface area contributed by atoms with E-state index in [2.05, 4.69) is 5.32 Å². The van der Waals surface area contributed by atoms with Crippen LogP contribution in [0.15, 0.2) is 0 Å². The maximum absolute atomic E-state index is 11.5.